The maximum absolute atomic E-state index is 13.6. The van der Waals surface area contributed by atoms with Crippen LogP contribution in [0.4, 0.5) is 5.69 Å². The van der Waals surface area contributed by atoms with E-state index in [1.165, 1.54) is 19.3 Å². The standard InChI is InChI=1S/C25H25N5O2/c1-15-14-20(29-32-15)22-21-23(28-27-22)25(31)30(24(21)17-6-3-2-4-7-17)18-11-9-16(10-12-18)19-8-5-13-26-19/h5,8-12,14,17,24H,2-4,6-7,13H2,1H3,(H,27,28). The van der Waals surface area contributed by atoms with Crippen LogP contribution in [-0.2, 0) is 0 Å². The van der Waals surface area contributed by atoms with Crippen LogP contribution in [0.5, 0.6) is 0 Å². The minimum Gasteiger partial charge on any atom is -0.361 e. The summed E-state index contributed by atoms with van der Waals surface area (Å²) in [4.78, 5) is 20.1. The summed E-state index contributed by atoms with van der Waals surface area (Å²) in [6.45, 7) is 2.60. The molecule has 1 aromatic carbocycles. The highest BCUT2D eigenvalue weighted by Gasteiger charge is 2.46. The normalized spacial score (nSPS) is 20.8. The van der Waals surface area contributed by atoms with Gasteiger partial charge < -0.3 is 4.52 Å². The minimum atomic E-state index is -0.0573. The first-order valence-corrected chi connectivity index (χ1v) is 11.4. The average molecular weight is 428 g/mol. The molecule has 1 saturated carbocycles. The number of rotatable bonds is 4. The van der Waals surface area contributed by atoms with E-state index < -0.39 is 0 Å². The Morgan fingerprint density at radius 2 is 1.94 bits per heavy atom. The van der Waals surface area contributed by atoms with E-state index in [1.807, 2.05) is 36.1 Å². The number of fused-ring (bicyclic) bond motifs is 1. The van der Waals surface area contributed by atoms with Crippen molar-refractivity contribution in [1.29, 1.82) is 0 Å². The maximum atomic E-state index is 13.6. The number of aromatic amines is 1. The van der Waals surface area contributed by atoms with Crippen LogP contribution in [0.1, 0.15) is 65.5 Å². The molecule has 3 aliphatic rings. The monoisotopic (exact) mass is 427 g/mol. The molecule has 0 spiro atoms. The average Bonchev–Trinajstić information content (AvgIpc) is 3.61. The number of aromatic nitrogens is 3. The van der Waals surface area contributed by atoms with E-state index in [9.17, 15) is 4.79 Å². The number of nitrogens with zero attached hydrogens (tertiary/aromatic N) is 4. The Morgan fingerprint density at radius 3 is 2.62 bits per heavy atom. The van der Waals surface area contributed by atoms with Gasteiger partial charge in [0.2, 0.25) is 0 Å². The molecule has 32 heavy (non-hydrogen) atoms. The Bertz CT molecular complexity index is 1230. The first-order valence-electron chi connectivity index (χ1n) is 11.4. The maximum Gasteiger partial charge on any atom is 0.277 e. The summed E-state index contributed by atoms with van der Waals surface area (Å²) in [7, 11) is 0. The highest BCUT2D eigenvalue weighted by molar-refractivity contribution is 6.12. The Morgan fingerprint density at radius 1 is 1.12 bits per heavy atom. The van der Waals surface area contributed by atoms with Gasteiger partial charge in [-0.2, -0.15) is 5.10 Å². The number of H-pyrrole nitrogens is 1. The summed E-state index contributed by atoms with van der Waals surface area (Å²) in [5.41, 5.74) is 5.91. The number of hydrogen-bond donors (Lipinski definition) is 1. The molecule has 1 atom stereocenters. The number of allylic oxidation sites excluding steroid dienone is 1. The van der Waals surface area contributed by atoms with Crippen LogP contribution in [-0.4, -0.2) is 33.5 Å². The summed E-state index contributed by atoms with van der Waals surface area (Å²) in [6.07, 6.45) is 9.96. The van der Waals surface area contributed by atoms with E-state index in [1.54, 1.807) is 0 Å². The van der Waals surface area contributed by atoms with Crippen molar-refractivity contribution in [2.75, 3.05) is 11.4 Å². The van der Waals surface area contributed by atoms with E-state index in [2.05, 4.69) is 38.6 Å². The van der Waals surface area contributed by atoms with Crippen LogP contribution in [0.2, 0.25) is 0 Å². The van der Waals surface area contributed by atoms with Crippen molar-refractivity contribution < 1.29 is 9.32 Å². The molecule has 7 nitrogen and oxygen atoms in total. The molecule has 3 aromatic rings. The summed E-state index contributed by atoms with van der Waals surface area (Å²) < 4.78 is 5.31. The van der Waals surface area contributed by atoms with Crippen molar-refractivity contribution >= 4 is 17.3 Å². The summed E-state index contributed by atoms with van der Waals surface area (Å²) >= 11 is 0. The highest BCUT2D eigenvalue weighted by atomic mass is 16.5. The van der Waals surface area contributed by atoms with Gasteiger partial charge in [-0.3, -0.25) is 19.8 Å². The molecule has 0 radical (unpaired) electrons. The lowest BCUT2D eigenvalue weighted by Gasteiger charge is -2.34. The SMILES string of the molecule is Cc1cc(-c2n[nH]c3c2C(C2CCCCC2)N(c2ccc(C4=NCC=C4)cc2)C3=O)no1. The number of benzene rings is 1. The molecule has 7 heteroatoms. The van der Waals surface area contributed by atoms with E-state index >= 15 is 0 Å². The van der Waals surface area contributed by atoms with Crippen LogP contribution in [0, 0.1) is 12.8 Å². The molecule has 0 bridgehead atoms. The number of aliphatic imine (C=N–C) groups is 1. The fourth-order valence-electron chi connectivity index (χ4n) is 5.37. The second kappa shape index (κ2) is 7.58. The van der Waals surface area contributed by atoms with Gasteiger partial charge in [-0.25, -0.2) is 0 Å². The van der Waals surface area contributed by atoms with Gasteiger partial charge >= 0.3 is 0 Å². The van der Waals surface area contributed by atoms with Crippen molar-refractivity contribution in [2.45, 2.75) is 45.1 Å². The molecule has 6 rings (SSSR count). The zero-order chi connectivity index (χ0) is 21.7. The fourth-order valence-corrected chi connectivity index (χ4v) is 5.37. The number of hydrogen-bond acceptors (Lipinski definition) is 5. The summed E-state index contributed by atoms with van der Waals surface area (Å²) in [5.74, 6) is 1.09. The van der Waals surface area contributed by atoms with Crippen LogP contribution in [0.25, 0.3) is 11.4 Å². The molecule has 1 unspecified atom stereocenters. The van der Waals surface area contributed by atoms with Crippen LogP contribution in [0.15, 0.2) is 52.0 Å². The lowest BCUT2D eigenvalue weighted by Crippen LogP contribution is -2.34. The Labute approximate surface area is 186 Å². The third kappa shape index (κ3) is 3.03. The third-order valence-electron chi connectivity index (χ3n) is 6.86. The van der Waals surface area contributed by atoms with E-state index in [0.29, 0.717) is 17.3 Å². The zero-order valence-electron chi connectivity index (χ0n) is 18.0. The highest BCUT2D eigenvalue weighted by Crippen LogP contribution is 2.48. The Hall–Kier alpha value is -3.48. The topological polar surface area (TPSA) is 87.4 Å². The molecule has 0 saturated heterocycles. The summed E-state index contributed by atoms with van der Waals surface area (Å²) in [5, 5.41) is 11.7. The Kier molecular flexibility index (Phi) is 4.56. The molecule has 1 fully saturated rings. The van der Waals surface area contributed by atoms with Crippen molar-refractivity contribution in [3.8, 4) is 11.4 Å². The van der Waals surface area contributed by atoms with Gasteiger partial charge in [0.15, 0.2) is 0 Å². The third-order valence-corrected chi connectivity index (χ3v) is 6.86. The quantitative estimate of drug-likeness (QED) is 0.634. The lowest BCUT2D eigenvalue weighted by molar-refractivity contribution is 0.0977. The van der Waals surface area contributed by atoms with Gasteiger partial charge in [0, 0.05) is 17.3 Å². The van der Waals surface area contributed by atoms with Gasteiger partial charge in [0.1, 0.15) is 22.8 Å². The number of carbonyl (C=O) groups excluding carboxylic acids is 1. The van der Waals surface area contributed by atoms with Crippen molar-refractivity contribution in [3.63, 3.8) is 0 Å². The minimum absolute atomic E-state index is 0.0274. The van der Waals surface area contributed by atoms with Crippen molar-refractivity contribution in [2.24, 2.45) is 10.9 Å². The Balaban J connectivity index is 1.43. The first-order chi connectivity index (χ1) is 15.7. The van der Waals surface area contributed by atoms with E-state index in [4.69, 9.17) is 4.52 Å². The van der Waals surface area contributed by atoms with Crippen molar-refractivity contribution in [1.82, 2.24) is 15.4 Å². The number of amides is 1. The molecule has 4 heterocycles. The predicted octanol–water partition coefficient (Wildman–Crippen LogP) is 5.01. The van der Waals surface area contributed by atoms with Crippen LogP contribution < -0.4 is 4.90 Å². The van der Waals surface area contributed by atoms with Gasteiger partial charge in [-0.1, -0.05) is 42.6 Å². The van der Waals surface area contributed by atoms with Gasteiger partial charge in [0.25, 0.3) is 5.91 Å². The zero-order valence-corrected chi connectivity index (χ0v) is 18.0. The molecule has 1 N–H and O–H groups in total. The van der Waals surface area contributed by atoms with Gasteiger partial charge in [0.05, 0.1) is 18.3 Å². The number of aryl methyl sites for hydroxylation is 1. The first kappa shape index (κ1) is 19.2. The molecule has 2 aliphatic heterocycles. The second-order valence-electron chi connectivity index (χ2n) is 8.88. The summed E-state index contributed by atoms with van der Waals surface area (Å²) in [6, 6.07) is 10.0. The van der Waals surface area contributed by atoms with Crippen LogP contribution in [0.3, 0.4) is 0 Å². The second-order valence-corrected chi connectivity index (χ2v) is 8.88. The fraction of sp³-hybridized carbons (Fsp3) is 0.360. The molecule has 2 aromatic heterocycles. The molecular weight excluding hydrogens is 402 g/mol. The number of nitrogens with one attached hydrogen (secondary N) is 1. The van der Waals surface area contributed by atoms with Crippen molar-refractivity contribution in [3.05, 3.63) is 65.1 Å². The van der Waals surface area contributed by atoms with E-state index in [-0.39, 0.29) is 11.9 Å². The molecule has 1 aliphatic carbocycles. The molecule has 162 valence electrons. The van der Waals surface area contributed by atoms with Gasteiger partial charge in [-0.05, 0) is 49.5 Å². The largest absolute Gasteiger partial charge is 0.361 e. The predicted molar refractivity (Wildman–Crippen MR) is 122 cm³/mol. The smallest absolute Gasteiger partial charge is 0.277 e. The number of carbonyl (C=O) groups is 1. The molecule has 1 amide bonds. The van der Waals surface area contributed by atoms with Crippen LogP contribution >= 0.6 is 0 Å². The van der Waals surface area contributed by atoms with E-state index in [0.717, 1.165) is 53.4 Å². The number of anilines is 1. The van der Waals surface area contributed by atoms with Gasteiger partial charge in [-0.15, -0.1) is 0 Å². The molecular formula is C25H25N5O2. The lowest BCUT2D eigenvalue weighted by atomic mass is 9.81.